The lowest BCUT2D eigenvalue weighted by Crippen LogP contribution is -2.23. The highest BCUT2D eigenvalue weighted by Gasteiger charge is 2.22. The average Bonchev–Trinajstić information content (AvgIpc) is 3.27. The van der Waals surface area contributed by atoms with E-state index in [9.17, 15) is 9.18 Å². The van der Waals surface area contributed by atoms with E-state index in [1.165, 1.54) is 12.1 Å². The second-order valence-corrected chi connectivity index (χ2v) is 7.46. The number of carboxylic acids is 1. The summed E-state index contributed by atoms with van der Waals surface area (Å²) in [6, 6.07) is 13.4. The summed E-state index contributed by atoms with van der Waals surface area (Å²) in [4.78, 5) is 20.4. The van der Waals surface area contributed by atoms with Crippen molar-refractivity contribution in [1.29, 1.82) is 0 Å². The third-order valence-electron chi connectivity index (χ3n) is 4.70. The van der Waals surface area contributed by atoms with Crippen molar-refractivity contribution in [1.82, 2.24) is 9.55 Å². The number of aliphatic carboxylic acids is 1. The van der Waals surface area contributed by atoms with E-state index >= 15 is 0 Å². The summed E-state index contributed by atoms with van der Waals surface area (Å²) in [5, 5.41) is 13.8. The van der Waals surface area contributed by atoms with Gasteiger partial charge in [0.25, 0.3) is 0 Å². The molecule has 1 atom stereocenters. The molecule has 0 aliphatic rings. The van der Waals surface area contributed by atoms with Crippen LogP contribution in [0.5, 0.6) is 0 Å². The number of unbranched alkanes of at least 4 members (excludes halogenated alkanes) is 1. The number of carboxylic acid groups (broad SMARTS) is 1. The van der Waals surface area contributed by atoms with Gasteiger partial charge < -0.3 is 14.5 Å². The van der Waals surface area contributed by atoms with Crippen LogP contribution in [0.25, 0.3) is 0 Å². The number of rotatable bonds is 11. The van der Waals surface area contributed by atoms with Gasteiger partial charge in [-0.3, -0.25) is 4.79 Å². The number of imidazole rings is 1. The standard InChI is InChI=1S/C23H23ClFN3O3/c24-19-5-3-4-17(14-19)15-21(28-12-11-26-16-28)23(18-7-9-20(25)10-8-18)27-31-13-2-1-6-22(29)30/h3-5,7-12,14,16,21H,1-2,6,13,15H2,(H,29,30). The lowest BCUT2D eigenvalue weighted by atomic mass is 9.96. The molecule has 1 unspecified atom stereocenters. The molecule has 0 spiro atoms. The summed E-state index contributed by atoms with van der Waals surface area (Å²) in [5.41, 5.74) is 2.33. The van der Waals surface area contributed by atoms with Crippen molar-refractivity contribution in [2.75, 3.05) is 6.61 Å². The monoisotopic (exact) mass is 443 g/mol. The molecule has 1 N–H and O–H groups in total. The fourth-order valence-electron chi connectivity index (χ4n) is 3.17. The van der Waals surface area contributed by atoms with Crippen LogP contribution in [-0.2, 0) is 16.1 Å². The second kappa shape index (κ2) is 11.3. The molecule has 0 aliphatic carbocycles. The largest absolute Gasteiger partial charge is 0.481 e. The normalized spacial score (nSPS) is 12.5. The van der Waals surface area contributed by atoms with Crippen LogP contribution >= 0.6 is 11.6 Å². The maximum Gasteiger partial charge on any atom is 0.303 e. The average molecular weight is 444 g/mol. The van der Waals surface area contributed by atoms with Crippen LogP contribution in [0.15, 0.2) is 72.4 Å². The second-order valence-electron chi connectivity index (χ2n) is 7.03. The zero-order valence-electron chi connectivity index (χ0n) is 16.8. The van der Waals surface area contributed by atoms with Crippen molar-refractivity contribution >= 4 is 23.3 Å². The van der Waals surface area contributed by atoms with Crippen LogP contribution in [0.3, 0.4) is 0 Å². The van der Waals surface area contributed by atoms with Crippen molar-refractivity contribution in [3.05, 3.63) is 89.2 Å². The molecule has 0 aliphatic heterocycles. The SMILES string of the molecule is O=C(O)CCCCON=C(c1ccc(F)cc1)C(Cc1cccc(Cl)c1)n1ccnc1. The van der Waals surface area contributed by atoms with E-state index in [0.717, 1.165) is 5.56 Å². The van der Waals surface area contributed by atoms with Gasteiger partial charge in [0.05, 0.1) is 12.4 Å². The predicted molar refractivity (Wildman–Crippen MR) is 117 cm³/mol. The highest BCUT2D eigenvalue weighted by molar-refractivity contribution is 6.30. The third kappa shape index (κ3) is 6.93. The van der Waals surface area contributed by atoms with E-state index in [1.54, 1.807) is 24.7 Å². The molecule has 1 aromatic heterocycles. The molecule has 1 heterocycles. The minimum atomic E-state index is -0.836. The number of hydrogen-bond donors (Lipinski definition) is 1. The smallest absolute Gasteiger partial charge is 0.303 e. The first-order valence-corrected chi connectivity index (χ1v) is 10.3. The highest BCUT2D eigenvalue weighted by Crippen LogP contribution is 2.23. The summed E-state index contributed by atoms with van der Waals surface area (Å²) in [7, 11) is 0. The lowest BCUT2D eigenvalue weighted by molar-refractivity contribution is -0.137. The molecule has 0 saturated heterocycles. The van der Waals surface area contributed by atoms with Gasteiger partial charge in [0, 0.05) is 29.4 Å². The van der Waals surface area contributed by atoms with Crippen LogP contribution in [0.2, 0.25) is 5.02 Å². The summed E-state index contributed by atoms with van der Waals surface area (Å²) in [5.74, 6) is -1.18. The van der Waals surface area contributed by atoms with Crippen LogP contribution in [0.4, 0.5) is 4.39 Å². The summed E-state index contributed by atoms with van der Waals surface area (Å²) in [6.45, 7) is 0.284. The molecule has 6 nitrogen and oxygen atoms in total. The molecule has 8 heteroatoms. The third-order valence-corrected chi connectivity index (χ3v) is 4.93. The molecule has 0 amide bonds. The minimum Gasteiger partial charge on any atom is -0.481 e. The number of benzene rings is 2. The van der Waals surface area contributed by atoms with Gasteiger partial charge in [-0.2, -0.15) is 0 Å². The van der Waals surface area contributed by atoms with Crippen molar-refractivity contribution in [3.63, 3.8) is 0 Å². The number of halogens is 2. The van der Waals surface area contributed by atoms with Crippen molar-refractivity contribution in [2.24, 2.45) is 5.16 Å². The number of oxime groups is 1. The number of hydrogen-bond acceptors (Lipinski definition) is 4. The van der Waals surface area contributed by atoms with Gasteiger partial charge in [0.1, 0.15) is 18.1 Å². The van der Waals surface area contributed by atoms with E-state index in [2.05, 4.69) is 10.1 Å². The summed E-state index contributed by atoms with van der Waals surface area (Å²) < 4.78 is 15.4. The first-order valence-electron chi connectivity index (χ1n) is 9.92. The van der Waals surface area contributed by atoms with Gasteiger partial charge in [-0.15, -0.1) is 0 Å². The molecule has 0 saturated carbocycles. The summed E-state index contributed by atoms with van der Waals surface area (Å²) in [6.07, 6.45) is 6.93. The highest BCUT2D eigenvalue weighted by atomic mass is 35.5. The predicted octanol–water partition coefficient (Wildman–Crippen LogP) is 5.14. The zero-order valence-corrected chi connectivity index (χ0v) is 17.6. The molecule has 31 heavy (non-hydrogen) atoms. The number of aromatic nitrogens is 2. The van der Waals surface area contributed by atoms with Gasteiger partial charge in [-0.1, -0.05) is 41.0 Å². The van der Waals surface area contributed by atoms with Crippen LogP contribution < -0.4 is 0 Å². The Kier molecular flexibility index (Phi) is 8.18. The van der Waals surface area contributed by atoms with E-state index in [1.807, 2.05) is 35.0 Å². The Morgan fingerprint density at radius 2 is 2.03 bits per heavy atom. The van der Waals surface area contributed by atoms with Crippen LogP contribution in [-0.4, -0.2) is 32.9 Å². The molecular formula is C23H23ClFN3O3. The van der Waals surface area contributed by atoms with Gasteiger partial charge >= 0.3 is 5.97 Å². The Hall–Kier alpha value is -3.19. The van der Waals surface area contributed by atoms with Crippen LogP contribution in [0, 0.1) is 5.82 Å². The Morgan fingerprint density at radius 3 is 2.71 bits per heavy atom. The zero-order chi connectivity index (χ0) is 22.1. The van der Waals surface area contributed by atoms with Gasteiger partial charge in [0.15, 0.2) is 0 Å². The molecule has 2 aromatic carbocycles. The fourth-order valence-corrected chi connectivity index (χ4v) is 3.38. The first-order chi connectivity index (χ1) is 15.0. The molecule has 162 valence electrons. The Bertz CT molecular complexity index is 1010. The first kappa shape index (κ1) is 22.5. The lowest BCUT2D eigenvalue weighted by Gasteiger charge is -2.21. The molecule has 0 radical (unpaired) electrons. The number of nitrogens with zero attached hydrogens (tertiary/aromatic N) is 3. The van der Waals surface area contributed by atoms with Crippen molar-refractivity contribution < 1.29 is 19.1 Å². The maximum atomic E-state index is 13.5. The van der Waals surface area contributed by atoms with E-state index in [0.29, 0.717) is 35.6 Å². The Labute approximate surface area is 184 Å². The number of carbonyl (C=O) groups is 1. The quantitative estimate of drug-likeness (QED) is 0.253. The Balaban J connectivity index is 1.88. The fraction of sp³-hybridized carbons (Fsp3) is 0.261. The summed E-state index contributed by atoms with van der Waals surface area (Å²) >= 11 is 6.16. The Morgan fingerprint density at radius 1 is 1.23 bits per heavy atom. The van der Waals surface area contributed by atoms with Crippen LogP contribution in [0.1, 0.15) is 36.4 Å². The van der Waals surface area contributed by atoms with Gasteiger partial charge in [-0.25, -0.2) is 9.37 Å². The van der Waals surface area contributed by atoms with Crippen molar-refractivity contribution in [3.8, 4) is 0 Å². The molecule has 3 aromatic rings. The topological polar surface area (TPSA) is 76.7 Å². The minimum absolute atomic E-state index is 0.0876. The van der Waals surface area contributed by atoms with Crippen molar-refractivity contribution in [2.45, 2.75) is 31.7 Å². The molecular weight excluding hydrogens is 421 g/mol. The van der Waals surface area contributed by atoms with E-state index in [-0.39, 0.29) is 24.9 Å². The van der Waals surface area contributed by atoms with E-state index in [4.69, 9.17) is 21.5 Å². The maximum absolute atomic E-state index is 13.5. The van der Waals surface area contributed by atoms with E-state index < -0.39 is 5.97 Å². The molecule has 3 rings (SSSR count). The van der Waals surface area contributed by atoms with Gasteiger partial charge in [-0.05, 0) is 49.1 Å². The molecule has 0 fully saturated rings. The molecule has 0 bridgehead atoms. The van der Waals surface area contributed by atoms with Gasteiger partial charge in [0.2, 0.25) is 0 Å².